The van der Waals surface area contributed by atoms with E-state index in [4.69, 9.17) is 0 Å². The fourth-order valence-corrected chi connectivity index (χ4v) is 2.67. The van der Waals surface area contributed by atoms with Crippen molar-refractivity contribution in [1.82, 2.24) is 24.5 Å². The van der Waals surface area contributed by atoms with Gasteiger partial charge < -0.3 is 5.32 Å². The molecule has 0 radical (unpaired) electrons. The van der Waals surface area contributed by atoms with E-state index in [2.05, 4.69) is 32.3 Å². The molecule has 7 nitrogen and oxygen atoms in total. The molecule has 0 bridgehead atoms. The molecule has 2 aromatic heterocycles. The van der Waals surface area contributed by atoms with Gasteiger partial charge in [-0.3, -0.25) is 4.90 Å². The van der Waals surface area contributed by atoms with E-state index in [0.29, 0.717) is 11.7 Å². The minimum atomic E-state index is -0.262. The molecule has 1 aliphatic rings. The average Bonchev–Trinajstić information content (AvgIpc) is 3.03. The first kappa shape index (κ1) is 12.2. The molecule has 3 rings (SSSR count). The van der Waals surface area contributed by atoms with Gasteiger partial charge in [0.15, 0.2) is 5.65 Å². The second kappa shape index (κ2) is 5.00. The lowest BCUT2D eigenvalue weighted by molar-refractivity contribution is 0.277. The molecule has 0 aromatic carbocycles. The van der Waals surface area contributed by atoms with Gasteiger partial charge in [0.2, 0.25) is 0 Å². The number of H-pyrrole nitrogens is 1. The minimum Gasteiger partial charge on any atom is -0.368 e. The highest BCUT2D eigenvalue weighted by atomic mass is 16.1. The Hall–Kier alpha value is -1.89. The van der Waals surface area contributed by atoms with Crippen LogP contribution in [0.5, 0.6) is 0 Å². The van der Waals surface area contributed by atoms with Crippen molar-refractivity contribution < 1.29 is 0 Å². The highest BCUT2D eigenvalue weighted by Crippen LogP contribution is 2.17. The third-order valence-electron chi connectivity index (χ3n) is 3.73. The standard InChI is InChI=1S/C12H18N6O/c1-2-17-5-3-4-9(17)7-13-10-6-11-15-16-12(19)18(11)8-14-10/h6,8-9,13H,2-5,7H2,1H3,(H,16,19). The van der Waals surface area contributed by atoms with E-state index in [1.807, 2.05) is 0 Å². The molecule has 0 spiro atoms. The predicted octanol–water partition coefficient (Wildman–Crippen LogP) is 0.314. The fraction of sp³-hybridized carbons (Fsp3) is 0.583. The van der Waals surface area contributed by atoms with Crippen LogP contribution in [0.4, 0.5) is 5.82 Å². The molecule has 2 N–H and O–H groups in total. The number of nitrogens with one attached hydrogen (secondary N) is 2. The lowest BCUT2D eigenvalue weighted by Gasteiger charge is -2.23. The molecule has 0 amide bonds. The molecule has 1 atom stereocenters. The number of fused-ring (bicyclic) bond motifs is 1. The molecule has 7 heteroatoms. The lowest BCUT2D eigenvalue weighted by Crippen LogP contribution is -2.34. The number of anilines is 1. The number of aromatic nitrogens is 4. The number of hydrogen-bond donors (Lipinski definition) is 2. The molecule has 0 saturated carbocycles. The first-order valence-electron chi connectivity index (χ1n) is 6.68. The molecule has 1 unspecified atom stereocenters. The van der Waals surface area contributed by atoms with Crippen molar-refractivity contribution in [3.05, 3.63) is 22.9 Å². The van der Waals surface area contributed by atoms with Gasteiger partial charge in [-0.15, -0.1) is 0 Å². The lowest BCUT2D eigenvalue weighted by atomic mass is 10.2. The fourth-order valence-electron chi connectivity index (χ4n) is 2.67. The molecule has 2 aromatic rings. The van der Waals surface area contributed by atoms with Crippen LogP contribution in [0.2, 0.25) is 0 Å². The Kier molecular flexibility index (Phi) is 3.20. The summed E-state index contributed by atoms with van der Waals surface area (Å²) in [5.74, 6) is 0.759. The molecule has 102 valence electrons. The summed E-state index contributed by atoms with van der Waals surface area (Å²) in [6.45, 7) is 5.35. The zero-order valence-corrected chi connectivity index (χ0v) is 11.0. The summed E-state index contributed by atoms with van der Waals surface area (Å²) in [6.07, 6.45) is 3.99. The Labute approximate surface area is 110 Å². The van der Waals surface area contributed by atoms with Gasteiger partial charge >= 0.3 is 5.69 Å². The minimum absolute atomic E-state index is 0.262. The van der Waals surface area contributed by atoms with Crippen LogP contribution in [-0.2, 0) is 0 Å². The largest absolute Gasteiger partial charge is 0.368 e. The van der Waals surface area contributed by atoms with E-state index in [9.17, 15) is 4.79 Å². The normalized spacial score (nSPS) is 20.2. The summed E-state index contributed by atoms with van der Waals surface area (Å²) >= 11 is 0. The van der Waals surface area contributed by atoms with Gasteiger partial charge in [0, 0.05) is 18.7 Å². The van der Waals surface area contributed by atoms with Gasteiger partial charge in [0.25, 0.3) is 0 Å². The molecule has 0 aliphatic carbocycles. The predicted molar refractivity (Wildman–Crippen MR) is 72.4 cm³/mol. The zero-order chi connectivity index (χ0) is 13.2. The maximum Gasteiger partial charge on any atom is 0.348 e. The van der Waals surface area contributed by atoms with Crippen LogP contribution in [0.3, 0.4) is 0 Å². The molecule has 1 saturated heterocycles. The van der Waals surface area contributed by atoms with Crippen LogP contribution in [0.15, 0.2) is 17.2 Å². The van der Waals surface area contributed by atoms with Crippen molar-refractivity contribution in [2.75, 3.05) is 25.0 Å². The van der Waals surface area contributed by atoms with Crippen LogP contribution >= 0.6 is 0 Å². The SMILES string of the molecule is CCN1CCCC1CNc1cc2n[nH]c(=O)n2cn1. The Morgan fingerprint density at radius 3 is 3.32 bits per heavy atom. The topological polar surface area (TPSA) is 78.3 Å². The summed E-state index contributed by atoms with van der Waals surface area (Å²) in [7, 11) is 0. The first-order chi connectivity index (χ1) is 9.28. The van der Waals surface area contributed by atoms with Gasteiger partial charge in [-0.05, 0) is 25.9 Å². The van der Waals surface area contributed by atoms with Crippen molar-refractivity contribution >= 4 is 11.5 Å². The van der Waals surface area contributed by atoms with Gasteiger partial charge in [0.05, 0.1) is 0 Å². The summed E-state index contributed by atoms with van der Waals surface area (Å²) in [6, 6.07) is 2.35. The molecular formula is C12H18N6O. The number of aromatic amines is 1. The Morgan fingerprint density at radius 2 is 2.47 bits per heavy atom. The number of likely N-dealkylation sites (tertiary alicyclic amines) is 1. The van der Waals surface area contributed by atoms with Crippen LogP contribution in [0.25, 0.3) is 5.65 Å². The molecule has 19 heavy (non-hydrogen) atoms. The van der Waals surface area contributed by atoms with Gasteiger partial charge in [-0.25, -0.2) is 19.3 Å². The highest BCUT2D eigenvalue weighted by Gasteiger charge is 2.22. The number of nitrogens with zero attached hydrogens (tertiary/aromatic N) is 4. The Bertz CT molecular complexity index is 618. The third-order valence-corrected chi connectivity index (χ3v) is 3.73. The summed E-state index contributed by atoms with van der Waals surface area (Å²) in [4.78, 5) is 18.0. The van der Waals surface area contributed by atoms with Gasteiger partial charge in [0.1, 0.15) is 12.1 Å². The maximum absolute atomic E-state index is 11.3. The molecular weight excluding hydrogens is 244 g/mol. The Balaban J connectivity index is 1.69. The second-order valence-electron chi connectivity index (χ2n) is 4.84. The molecule has 1 fully saturated rings. The third kappa shape index (κ3) is 2.33. The van der Waals surface area contributed by atoms with Crippen LogP contribution in [0.1, 0.15) is 19.8 Å². The monoisotopic (exact) mass is 262 g/mol. The Morgan fingerprint density at radius 1 is 1.58 bits per heavy atom. The second-order valence-corrected chi connectivity index (χ2v) is 4.84. The number of rotatable bonds is 4. The van der Waals surface area contributed by atoms with Crippen molar-refractivity contribution in [3.8, 4) is 0 Å². The highest BCUT2D eigenvalue weighted by molar-refractivity contribution is 5.48. The summed E-state index contributed by atoms with van der Waals surface area (Å²) in [5.41, 5.74) is 0.322. The average molecular weight is 262 g/mol. The zero-order valence-electron chi connectivity index (χ0n) is 11.0. The number of likely N-dealkylation sites (N-methyl/N-ethyl adjacent to an activating group) is 1. The first-order valence-corrected chi connectivity index (χ1v) is 6.68. The maximum atomic E-state index is 11.3. The molecule has 1 aliphatic heterocycles. The van der Waals surface area contributed by atoms with Crippen LogP contribution in [-0.4, -0.2) is 50.2 Å². The van der Waals surface area contributed by atoms with Crippen LogP contribution in [0, 0.1) is 0 Å². The van der Waals surface area contributed by atoms with E-state index in [-0.39, 0.29) is 5.69 Å². The van der Waals surface area contributed by atoms with Crippen molar-refractivity contribution in [2.24, 2.45) is 0 Å². The quantitative estimate of drug-likeness (QED) is 0.829. The van der Waals surface area contributed by atoms with E-state index < -0.39 is 0 Å². The van der Waals surface area contributed by atoms with E-state index in [1.54, 1.807) is 6.07 Å². The number of hydrogen-bond acceptors (Lipinski definition) is 5. The van der Waals surface area contributed by atoms with E-state index in [0.717, 1.165) is 18.9 Å². The summed E-state index contributed by atoms with van der Waals surface area (Å²) < 4.78 is 1.39. The van der Waals surface area contributed by atoms with Crippen molar-refractivity contribution in [1.29, 1.82) is 0 Å². The smallest absolute Gasteiger partial charge is 0.348 e. The van der Waals surface area contributed by atoms with Crippen molar-refractivity contribution in [3.63, 3.8) is 0 Å². The molecule has 3 heterocycles. The van der Waals surface area contributed by atoms with Crippen molar-refractivity contribution in [2.45, 2.75) is 25.8 Å². The van der Waals surface area contributed by atoms with E-state index >= 15 is 0 Å². The van der Waals surface area contributed by atoms with Gasteiger partial charge in [-0.1, -0.05) is 6.92 Å². The summed E-state index contributed by atoms with van der Waals surface area (Å²) in [5, 5.41) is 9.65. The van der Waals surface area contributed by atoms with Gasteiger partial charge in [-0.2, -0.15) is 5.10 Å². The van der Waals surface area contributed by atoms with E-state index in [1.165, 1.54) is 30.1 Å². The van der Waals surface area contributed by atoms with Crippen LogP contribution < -0.4 is 11.0 Å².